The van der Waals surface area contributed by atoms with E-state index in [1.54, 1.807) is 0 Å². The van der Waals surface area contributed by atoms with Crippen LogP contribution in [0.15, 0.2) is 12.5 Å². The van der Waals surface area contributed by atoms with Gasteiger partial charge in [-0.25, -0.2) is 4.98 Å². The lowest BCUT2D eigenvalue weighted by molar-refractivity contribution is -0.142. The standard InChI is InChI=1S/C16H27N3O2/c1-12(9-17)7-13(16(20)21)8-14-10-19(11-18-14)15-5-3-2-4-6-15/h10-13,15H,2-9,17H2,1H3,(H,20,21)/t12-,13+/m0/s1. The van der Waals surface area contributed by atoms with E-state index in [0.717, 1.165) is 5.69 Å². The Labute approximate surface area is 126 Å². The van der Waals surface area contributed by atoms with E-state index in [9.17, 15) is 9.90 Å². The van der Waals surface area contributed by atoms with Crippen LogP contribution >= 0.6 is 0 Å². The number of hydrogen-bond acceptors (Lipinski definition) is 3. The minimum absolute atomic E-state index is 0.228. The fourth-order valence-electron chi connectivity index (χ4n) is 3.17. The number of carboxylic acid groups (broad SMARTS) is 1. The molecule has 0 bridgehead atoms. The summed E-state index contributed by atoms with van der Waals surface area (Å²) in [4.78, 5) is 15.8. The summed E-state index contributed by atoms with van der Waals surface area (Å²) < 4.78 is 2.18. The number of carboxylic acids is 1. The van der Waals surface area contributed by atoms with Crippen molar-refractivity contribution >= 4 is 5.97 Å². The van der Waals surface area contributed by atoms with Crippen molar-refractivity contribution in [1.82, 2.24) is 9.55 Å². The summed E-state index contributed by atoms with van der Waals surface area (Å²) >= 11 is 0. The van der Waals surface area contributed by atoms with Crippen LogP contribution in [0, 0.1) is 11.8 Å². The molecule has 0 radical (unpaired) electrons. The predicted octanol–water partition coefficient (Wildman–Crippen LogP) is 2.62. The first-order valence-electron chi connectivity index (χ1n) is 8.05. The third kappa shape index (κ3) is 4.56. The molecule has 5 nitrogen and oxygen atoms in total. The van der Waals surface area contributed by atoms with Gasteiger partial charge in [0, 0.05) is 18.7 Å². The minimum Gasteiger partial charge on any atom is -0.481 e. The maximum Gasteiger partial charge on any atom is 0.306 e. The van der Waals surface area contributed by atoms with Gasteiger partial charge in [0.15, 0.2) is 0 Å². The monoisotopic (exact) mass is 293 g/mol. The Hall–Kier alpha value is -1.36. The van der Waals surface area contributed by atoms with Crippen LogP contribution in [0.1, 0.15) is 57.2 Å². The highest BCUT2D eigenvalue weighted by Gasteiger charge is 2.22. The zero-order valence-corrected chi connectivity index (χ0v) is 12.9. The maximum absolute atomic E-state index is 11.4. The molecule has 5 heteroatoms. The average Bonchev–Trinajstić information content (AvgIpc) is 2.95. The number of hydrogen-bond donors (Lipinski definition) is 2. The molecule has 1 saturated carbocycles. The first-order valence-corrected chi connectivity index (χ1v) is 8.05. The van der Waals surface area contributed by atoms with Crippen LogP contribution in [0.3, 0.4) is 0 Å². The summed E-state index contributed by atoms with van der Waals surface area (Å²) in [7, 11) is 0. The van der Waals surface area contributed by atoms with Gasteiger partial charge in [-0.05, 0) is 31.7 Å². The molecule has 1 heterocycles. The van der Waals surface area contributed by atoms with Gasteiger partial charge in [-0.1, -0.05) is 26.2 Å². The van der Waals surface area contributed by atoms with E-state index in [0.29, 0.717) is 25.4 Å². The molecule has 0 amide bonds. The molecule has 3 N–H and O–H groups in total. The van der Waals surface area contributed by atoms with Crippen LogP contribution in [-0.4, -0.2) is 27.2 Å². The van der Waals surface area contributed by atoms with Crippen molar-refractivity contribution in [3.8, 4) is 0 Å². The van der Waals surface area contributed by atoms with Crippen molar-refractivity contribution in [2.75, 3.05) is 6.54 Å². The third-order valence-corrected chi connectivity index (χ3v) is 4.55. The van der Waals surface area contributed by atoms with Crippen LogP contribution in [-0.2, 0) is 11.2 Å². The Morgan fingerprint density at radius 1 is 1.48 bits per heavy atom. The maximum atomic E-state index is 11.4. The number of nitrogens with zero attached hydrogens (tertiary/aromatic N) is 2. The van der Waals surface area contributed by atoms with Gasteiger partial charge in [0.25, 0.3) is 0 Å². The van der Waals surface area contributed by atoms with Gasteiger partial charge in [-0.2, -0.15) is 0 Å². The molecule has 1 aromatic rings. The van der Waals surface area contributed by atoms with Gasteiger partial charge in [-0.3, -0.25) is 4.79 Å². The van der Waals surface area contributed by atoms with Crippen LogP contribution in [0.2, 0.25) is 0 Å². The Morgan fingerprint density at radius 3 is 2.81 bits per heavy atom. The lowest BCUT2D eigenvalue weighted by Gasteiger charge is -2.22. The summed E-state index contributed by atoms with van der Waals surface area (Å²) in [5.74, 6) is -0.910. The van der Waals surface area contributed by atoms with Crippen molar-refractivity contribution in [1.29, 1.82) is 0 Å². The Bertz CT molecular complexity index is 452. The van der Waals surface area contributed by atoms with Gasteiger partial charge < -0.3 is 15.4 Å². The van der Waals surface area contributed by atoms with E-state index in [-0.39, 0.29) is 5.92 Å². The number of aliphatic carboxylic acids is 1. The first-order chi connectivity index (χ1) is 10.1. The molecule has 1 aromatic heterocycles. The molecule has 1 aliphatic rings. The Kier molecular flexibility index (Phi) is 5.79. The molecule has 1 fully saturated rings. The zero-order chi connectivity index (χ0) is 15.2. The fraction of sp³-hybridized carbons (Fsp3) is 0.750. The van der Waals surface area contributed by atoms with E-state index in [2.05, 4.69) is 9.55 Å². The van der Waals surface area contributed by atoms with E-state index in [4.69, 9.17) is 5.73 Å². The summed E-state index contributed by atoms with van der Waals surface area (Å²) in [6, 6.07) is 0.547. The first kappa shape index (κ1) is 16.0. The van der Waals surface area contributed by atoms with E-state index in [1.807, 2.05) is 19.4 Å². The second kappa shape index (κ2) is 7.59. The van der Waals surface area contributed by atoms with Crippen LogP contribution in [0.25, 0.3) is 0 Å². The largest absolute Gasteiger partial charge is 0.481 e. The second-order valence-corrected chi connectivity index (χ2v) is 6.42. The van der Waals surface area contributed by atoms with Crippen molar-refractivity contribution < 1.29 is 9.90 Å². The molecule has 0 aliphatic heterocycles. The van der Waals surface area contributed by atoms with Crippen LogP contribution < -0.4 is 5.73 Å². The molecule has 2 rings (SSSR count). The molecule has 0 saturated heterocycles. The number of aromatic nitrogens is 2. The van der Waals surface area contributed by atoms with Gasteiger partial charge in [0.2, 0.25) is 0 Å². The minimum atomic E-state index is -0.748. The van der Waals surface area contributed by atoms with E-state index >= 15 is 0 Å². The fourth-order valence-corrected chi connectivity index (χ4v) is 3.17. The van der Waals surface area contributed by atoms with Crippen molar-refractivity contribution in [2.45, 2.75) is 57.9 Å². The SMILES string of the molecule is C[C@H](CN)C[C@H](Cc1cn(C2CCCCC2)cn1)C(=O)O. The number of carbonyl (C=O) groups is 1. The summed E-state index contributed by atoms with van der Waals surface area (Å²) in [6.45, 7) is 2.52. The zero-order valence-electron chi connectivity index (χ0n) is 12.9. The molecule has 1 aliphatic carbocycles. The third-order valence-electron chi connectivity index (χ3n) is 4.55. The molecule has 21 heavy (non-hydrogen) atoms. The van der Waals surface area contributed by atoms with Gasteiger partial charge >= 0.3 is 5.97 Å². The van der Waals surface area contributed by atoms with Crippen LogP contribution in [0.5, 0.6) is 0 Å². The van der Waals surface area contributed by atoms with E-state index < -0.39 is 11.9 Å². The molecular formula is C16H27N3O2. The highest BCUT2D eigenvalue weighted by molar-refractivity contribution is 5.70. The topological polar surface area (TPSA) is 81.1 Å². The van der Waals surface area contributed by atoms with Gasteiger partial charge in [-0.15, -0.1) is 0 Å². The van der Waals surface area contributed by atoms with Crippen molar-refractivity contribution in [2.24, 2.45) is 17.6 Å². The summed E-state index contributed by atoms with van der Waals surface area (Å²) in [6.07, 6.45) is 11.3. The van der Waals surface area contributed by atoms with Gasteiger partial charge in [0.05, 0.1) is 17.9 Å². The van der Waals surface area contributed by atoms with Crippen molar-refractivity contribution in [3.05, 3.63) is 18.2 Å². The lowest BCUT2D eigenvalue weighted by Crippen LogP contribution is -2.23. The smallest absolute Gasteiger partial charge is 0.306 e. The number of rotatable bonds is 7. The second-order valence-electron chi connectivity index (χ2n) is 6.42. The van der Waals surface area contributed by atoms with Gasteiger partial charge in [0.1, 0.15) is 0 Å². The molecule has 0 aromatic carbocycles. The molecule has 118 valence electrons. The molecule has 0 spiro atoms. The van der Waals surface area contributed by atoms with Crippen molar-refractivity contribution in [3.63, 3.8) is 0 Å². The predicted molar refractivity (Wildman–Crippen MR) is 82.0 cm³/mol. The molecule has 2 atom stereocenters. The quantitative estimate of drug-likeness (QED) is 0.809. The highest BCUT2D eigenvalue weighted by Crippen LogP contribution is 2.28. The normalized spacial score (nSPS) is 19.3. The Balaban J connectivity index is 1.97. The summed E-state index contributed by atoms with van der Waals surface area (Å²) in [5.41, 5.74) is 6.49. The lowest BCUT2D eigenvalue weighted by atomic mass is 9.92. The highest BCUT2D eigenvalue weighted by atomic mass is 16.4. The van der Waals surface area contributed by atoms with Crippen LogP contribution in [0.4, 0.5) is 0 Å². The number of imidazole rings is 1. The molecular weight excluding hydrogens is 266 g/mol. The van der Waals surface area contributed by atoms with E-state index in [1.165, 1.54) is 32.1 Å². The number of nitrogens with two attached hydrogens (primary N) is 1. The molecule has 0 unspecified atom stereocenters. The Morgan fingerprint density at radius 2 is 2.19 bits per heavy atom. The average molecular weight is 293 g/mol. The summed E-state index contributed by atoms with van der Waals surface area (Å²) in [5, 5.41) is 9.36.